The topological polar surface area (TPSA) is 40.9 Å². The zero-order valence-corrected chi connectivity index (χ0v) is 5.99. The Balaban J connectivity index is 4.17. The Labute approximate surface area is 55.1 Å². The predicted octanol–water partition coefficient (Wildman–Crippen LogP) is 1.56. The second-order valence-corrected chi connectivity index (χ2v) is 2.06. The van der Waals surface area contributed by atoms with Gasteiger partial charge in [-0.05, 0) is 32.4 Å². The van der Waals surface area contributed by atoms with Gasteiger partial charge in [0.1, 0.15) is 0 Å². The number of carbonyl (C=O) groups excluding carboxylic acids is 1. The Morgan fingerprint density at radius 3 is 1.89 bits per heavy atom. The maximum absolute atomic E-state index is 10.4. The molecule has 0 aliphatic rings. The quantitative estimate of drug-likeness (QED) is 0.441. The van der Waals surface area contributed by atoms with Crippen LogP contribution in [0.4, 0.5) is 0 Å². The van der Waals surface area contributed by atoms with Crippen LogP contribution in [0.1, 0.15) is 20.8 Å². The van der Waals surface area contributed by atoms with Crippen molar-refractivity contribution in [2.75, 3.05) is 0 Å². The molecule has 0 aromatic rings. The normalized spacial score (nSPS) is 11.2. The number of allylic oxidation sites excluding steroid dienone is 2. The lowest BCUT2D eigenvalue weighted by atomic mass is 10.2. The lowest BCUT2D eigenvalue weighted by Gasteiger charge is -1.92. The van der Waals surface area contributed by atoms with Gasteiger partial charge in [-0.25, -0.2) is 0 Å². The fourth-order valence-corrected chi connectivity index (χ4v) is 0.413. The van der Waals surface area contributed by atoms with Crippen molar-refractivity contribution in [1.82, 2.24) is 0 Å². The van der Waals surface area contributed by atoms with Gasteiger partial charge in [-0.1, -0.05) is 0 Å². The van der Waals surface area contributed by atoms with Crippen LogP contribution in [0.2, 0.25) is 0 Å². The first-order valence-electron chi connectivity index (χ1n) is 2.78. The molecule has 0 aliphatic heterocycles. The van der Waals surface area contributed by atoms with E-state index >= 15 is 0 Å². The molecule has 0 amide bonds. The average Bonchev–Trinajstić information content (AvgIpc) is 1.63. The van der Waals surface area contributed by atoms with E-state index in [4.69, 9.17) is 5.41 Å². The van der Waals surface area contributed by atoms with E-state index in [9.17, 15) is 4.79 Å². The molecule has 2 nitrogen and oxygen atoms in total. The maximum Gasteiger partial charge on any atom is 0.152 e. The number of carbonyl (C=O) groups is 1. The van der Waals surface area contributed by atoms with E-state index in [0.29, 0.717) is 5.71 Å². The first-order valence-corrected chi connectivity index (χ1v) is 2.78. The van der Waals surface area contributed by atoms with E-state index in [1.165, 1.54) is 13.0 Å². The van der Waals surface area contributed by atoms with Gasteiger partial charge in [-0.15, -0.1) is 0 Å². The third-order valence-electron chi connectivity index (χ3n) is 1.01. The maximum atomic E-state index is 10.4. The molecule has 0 radical (unpaired) electrons. The van der Waals surface area contributed by atoms with Crippen molar-refractivity contribution >= 4 is 11.5 Å². The summed E-state index contributed by atoms with van der Waals surface area (Å²) < 4.78 is 0. The summed E-state index contributed by atoms with van der Waals surface area (Å²) in [5, 5.41) is 7.07. The van der Waals surface area contributed by atoms with Crippen LogP contribution in [0.15, 0.2) is 11.6 Å². The molecule has 9 heavy (non-hydrogen) atoms. The van der Waals surface area contributed by atoms with Crippen LogP contribution in [0, 0.1) is 5.41 Å². The van der Waals surface area contributed by atoms with Crippen molar-refractivity contribution in [2.24, 2.45) is 0 Å². The van der Waals surface area contributed by atoms with Crippen molar-refractivity contribution in [3.8, 4) is 0 Å². The Bertz CT molecular complexity index is 168. The van der Waals surface area contributed by atoms with E-state index in [-0.39, 0.29) is 5.78 Å². The fraction of sp³-hybridized carbons (Fsp3) is 0.429. The summed E-state index contributed by atoms with van der Waals surface area (Å²) in [7, 11) is 0. The molecule has 0 spiro atoms. The molecule has 0 saturated carbocycles. The number of ketones is 1. The molecule has 50 valence electrons. The molecule has 0 heterocycles. The van der Waals surface area contributed by atoms with E-state index in [1.807, 2.05) is 0 Å². The highest BCUT2D eigenvalue weighted by molar-refractivity contribution is 6.01. The molecule has 0 rings (SSSR count). The van der Waals surface area contributed by atoms with Gasteiger partial charge in [0, 0.05) is 5.71 Å². The first kappa shape index (κ1) is 8.08. The fourth-order valence-electron chi connectivity index (χ4n) is 0.413. The summed E-state index contributed by atoms with van der Waals surface area (Å²) in [4.78, 5) is 10.4. The van der Waals surface area contributed by atoms with Crippen LogP contribution in [0.5, 0.6) is 0 Å². The van der Waals surface area contributed by atoms with Gasteiger partial charge in [-0.2, -0.15) is 0 Å². The molecular weight excluding hydrogens is 114 g/mol. The lowest BCUT2D eigenvalue weighted by Crippen LogP contribution is -1.93. The Morgan fingerprint density at radius 2 is 1.78 bits per heavy atom. The van der Waals surface area contributed by atoms with Gasteiger partial charge in [-0.3, -0.25) is 4.79 Å². The van der Waals surface area contributed by atoms with Gasteiger partial charge in [0.05, 0.1) is 0 Å². The third kappa shape index (κ3) is 3.64. The summed E-state index contributed by atoms with van der Waals surface area (Å²) in [5.74, 6) is -0.000833. The van der Waals surface area contributed by atoms with Gasteiger partial charge >= 0.3 is 0 Å². The van der Waals surface area contributed by atoms with Crippen LogP contribution in [-0.4, -0.2) is 11.5 Å². The highest BCUT2D eigenvalue weighted by Crippen LogP contribution is 1.93. The van der Waals surface area contributed by atoms with Gasteiger partial charge in [0.15, 0.2) is 5.78 Å². The summed E-state index contributed by atoms with van der Waals surface area (Å²) >= 11 is 0. The standard InChI is InChI=1S/C7H11NO/c1-5(7(3)8)4-6(2)9/h4,8H,1-3H3/b5-4-,8-7?. The summed E-state index contributed by atoms with van der Waals surface area (Å²) in [6, 6.07) is 0. The molecule has 0 saturated heterocycles. The van der Waals surface area contributed by atoms with Gasteiger partial charge in [0.2, 0.25) is 0 Å². The molecule has 0 aliphatic carbocycles. The lowest BCUT2D eigenvalue weighted by molar-refractivity contribution is -0.112. The molecule has 0 atom stereocenters. The first-order chi connectivity index (χ1) is 4.04. The van der Waals surface area contributed by atoms with Gasteiger partial charge in [0.25, 0.3) is 0 Å². The average molecular weight is 125 g/mol. The second kappa shape index (κ2) is 3.17. The molecule has 0 aromatic heterocycles. The van der Waals surface area contributed by atoms with E-state index in [1.54, 1.807) is 13.8 Å². The van der Waals surface area contributed by atoms with Gasteiger partial charge < -0.3 is 5.41 Å². The predicted molar refractivity (Wildman–Crippen MR) is 37.8 cm³/mol. The summed E-state index contributed by atoms with van der Waals surface area (Å²) in [6.07, 6.45) is 1.46. The minimum absolute atomic E-state index is 0.000833. The second-order valence-electron chi connectivity index (χ2n) is 2.06. The summed E-state index contributed by atoms with van der Waals surface area (Å²) in [6.45, 7) is 4.89. The van der Waals surface area contributed by atoms with Crippen molar-refractivity contribution < 1.29 is 4.79 Å². The van der Waals surface area contributed by atoms with Crippen LogP contribution in [-0.2, 0) is 4.79 Å². The molecule has 0 bridgehead atoms. The van der Waals surface area contributed by atoms with Crippen molar-refractivity contribution in [2.45, 2.75) is 20.8 Å². The molecule has 2 heteroatoms. The number of rotatable bonds is 2. The highest BCUT2D eigenvalue weighted by atomic mass is 16.1. The summed E-state index contributed by atoms with van der Waals surface area (Å²) in [5.41, 5.74) is 1.19. The minimum atomic E-state index is -0.000833. The smallest absolute Gasteiger partial charge is 0.152 e. The Hall–Kier alpha value is -0.920. The largest absolute Gasteiger partial charge is 0.305 e. The number of nitrogens with one attached hydrogen (secondary N) is 1. The van der Waals surface area contributed by atoms with Crippen LogP contribution in [0.3, 0.4) is 0 Å². The van der Waals surface area contributed by atoms with Crippen LogP contribution < -0.4 is 0 Å². The van der Waals surface area contributed by atoms with Crippen LogP contribution in [0.25, 0.3) is 0 Å². The highest BCUT2D eigenvalue weighted by Gasteiger charge is 1.91. The number of hydrogen-bond donors (Lipinski definition) is 1. The Morgan fingerprint density at radius 1 is 1.33 bits per heavy atom. The monoisotopic (exact) mass is 125 g/mol. The third-order valence-corrected chi connectivity index (χ3v) is 1.01. The van der Waals surface area contributed by atoms with E-state index < -0.39 is 0 Å². The zero-order chi connectivity index (χ0) is 7.44. The molecule has 0 unspecified atom stereocenters. The molecule has 0 aromatic carbocycles. The molecular formula is C7H11NO. The van der Waals surface area contributed by atoms with Crippen molar-refractivity contribution in [3.05, 3.63) is 11.6 Å². The number of hydrogen-bond acceptors (Lipinski definition) is 2. The SMILES string of the molecule is CC(=N)/C(C)=C\C(C)=O. The molecule has 1 N–H and O–H groups in total. The van der Waals surface area contributed by atoms with Crippen LogP contribution >= 0.6 is 0 Å². The van der Waals surface area contributed by atoms with Crippen molar-refractivity contribution in [1.29, 1.82) is 5.41 Å². The van der Waals surface area contributed by atoms with Crippen molar-refractivity contribution in [3.63, 3.8) is 0 Å². The minimum Gasteiger partial charge on any atom is -0.305 e. The Kier molecular flexibility index (Phi) is 2.85. The zero-order valence-electron chi connectivity index (χ0n) is 5.99. The van der Waals surface area contributed by atoms with E-state index in [0.717, 1.165) is 5.57 Å². The molecule has 0 fully saturated rings. The van der Waals surface area contributed by atoms with E-state index in [2.05, 4.69) is 0 Å².